The largest absolute Gasteiger partial charge is 0.419 e. The van der Waals surface area contributed by atoms with Crippen LogP contribution in [0.25, 0.3) is 0 Å². The third-order valence-corrected chi connectivity index (χ3v) is 6.90. The van der Waals surface area contributed by atoms with Crippen molar-refractivity contribution in [3.63, 3.8) is 0 Å². The van der Waals surface area contributed by atoms with Crippen LogP contribution in [-0.2, 0) is 4.79 Å². The molecule has 2 atom stereocenters. The van der Waals surface area contributed by atoms with Crippen molar-refractivity contribution in [1.29, 1.82) is 0 Å². The number of nitro groups is 1. The number of hydrogen-bond donors (Lipinski definition) is 0. The van der Waals surface area contributed by atoms with Crippen LogP contribution in [0, 0.1) is 33.2 Å². The van der Waals surface area contributed by atoms with Crippen LogP contribution in [0.4, 0.5) is 10.1 Å². The lowest BCUT2D eigenvalue weighted by atomic mass is 9.49. The van der Waals surface area contributed by atoms with E-state index in [0.717, 1.165) is 50.3 Å². The van der Waals surface area contributed by atoms with Crippen LogP contribution < -0.4 is 4.74 Å². The molecule has 5 rings (SSSR count). The highest BCUT2D eigenvalue weighted by Gasteiger charge is 2.57. The van der Waals surface area contributed by atoms with Crippen molar-refractivity contribution < 1.29 is 18.8 Å². The number of nitrogens with zero attached hydrogens (tertiary/aromatic N) is 1. The van der Waals surface area contributed by atoms with Crippen LogP contribution in [0.15, 0.2) is 18.2 Å². The van der Waals surface area contributed by atoms with Gasteiger partial charge in [0.25, 0.3) is 0 Å². The minimum Gasteiger partial charge on any atom is -0.419 e. The van der Waals surface area contributed by atoms with Crippen LogP contribution in [0.5, 0.6) is 5.75 Å². The summed E-state index contributed by atoms with van der Waals surface area (Å²) in [6, 6.07) is 2.92. The maximum atomic E-state index is 13.4. The summed E-state index contributed by atoms with van der Waals surface area (Å²) in [7, 11) is 0. The van der Waals surface area contributed by atoms with E-state index >= 15 is 0 Å². The van der Waals surface area contributed by atoms with E-state index in [0.29, 0.717) is 11.8 Å². The SMILES string of the molecule is O=C(CC12CC3CC(CC(Br)(C3)C1)C2)Oc1cc(F)ccc1[N+](=O)[O-]. The fourth-order valence-corrected chi connectivity index (χ4v) is 7.24. The molecule has 134 valence electrons. The first kappa shape index (κ1) is 16.9. The summed E-state index contributed by atoms with van der Waals surface area (Å²) in [5.74, 6) is -0.212. The van der Waals surface area contributed by atoms with Gasteiger partial charge in [-0.05, 0) is 61.8 Å². The molecule has 4 fully saturated rings. The molecule has 0 saturated heterocycles. The zero-order chi connectivity index (χ0) is 17.8. The highest BCUT2D eigenvalue weighted by molar-refractivity contribution is 9.10. The van der Waals surface area contributed by atoms with Gasteiger partial charge in [0.1, 0.15) is 5.82 Å². The second-order valence-electron chi connectivity index (χ2n) is 8.13. The number of nitro benzene ring substituents is 1. The zero-order valence-electron chi connectivity index (χ0n) is 13.7. The number of carbonyl (C=O) groups is 1. The summed E-state index contributed by atoms with van der Waals surface area (Å²) in [5, 5.41) is 11.1. The van der Waals surface area contributed by atoms with Gasteiger partial charge in [-0.15, -0.1) is 0 Å². The lowest BCUT2D eigenvalue weighted by Crippen LogP contribution is -2.53. The van der Waals surface area contributed by atoms with Crippen molar-refractivity contribution in [2.45, 2.75) is 49.3 Å². The van der Waals surface area contributed by atoms with Crippen molar-refractivity contribution >= 4 is 27.6 Å². The van der Waals surface area contributed by atoms with E-state index in [1.54, 1.807) is 0 Å². The average molecular weight is 412 g/mol. The zero-order valence-corrected chi connectivity index (χ0v) is 15.3. The van der Waals surface area contributed by atoms with E-state index in [-0.39, 0.29) is 21.9 Å². The number of ether oxygens (including phenoxy) is 1. The lowest BCUT2D eigenvalue weighted by molar-refractivity contribution is -0.385. The summed E-state index contributed by atoms with van der Waals surface area (Å²) in [5.41, 5.74) is -0.482. The van der Waals surface area contributed by atoms with Gasteiger partial charge in [-0.25, -0.2) is 4.39 Å². The van der Waals surface area contributed by atoms with Crippen LogP contribution in [0.3, 0.4) is 0 Å². The minimum atomic E-state index is -0.666. The Morgan fingerprint density at radius 3 is 2.60 bits per heavy atom. The molecule has 0 N–H and O–H groups in total. The summed E-state index contributed by atoms with van der Waals surface area (Å²) in [6.45, 7) is 0. The van der Waals surface area contributed by atoms with E-state index in [9.17, 15) is 19.3 Å². The molecule has 0 heterocycles. The second-order valence-corrected chi connectivity index (χ2v) is 9.81. The highest BCUT2D eigenvalue weighted by Crippen LogP contribution is 2.65. The van der Waals surface area contributed by atoms with Crippen LogP contribution in [0.1, 0.15) is 44.9 Å². The molecule has 25 heavy (non-hydrogen) atoms. The number of rotatable bonds is 4. The smallest absolute Gasteiger partial charge is 0.311 e. The van der Waals surface area contributed by atoms with Gasteiger partial charge in [0.2, 0.25) is 5.75 Å². The van der Waals surface area contributed by atoms with Crippen molar-refractivity contribution in [2.24, 2.45) is 17.3 Å². The first-order chi connectivity index (χ1) is 11.8. The topological polar surface area (TPSA) is 69.4 Å². The fraction of sp³-hybridized carbons (Fsp3) is 0.611. The first-order valence-electron chi connectivity index (χ1n) is 8.60. The molecular weight excluding hydrogens is 393 g/mol. The third kappa shape index (κ3) is 3.18. The predicted molar refractivity (Wildman–Crippen MR) is 92.1 cm³/mol. The number of alkyl halides is 1. The van der Waals surface area contributed by atoms with E-state index in [1.165, 1.54) is 6.42 Å². The summed E-state index contributed by atoms with van der Waals surface area (Å²) in [4.78, 5) is 22.9. The first-order valence-corrected chi connectivity index (χ1v) is 9.39. The van der Waals surface area contributed by atoms with Crippen LogP contribution in [0.2, 0.25) is 0 Å². The van der Waals surface area contributed by atoms with Crippen molar-refractivity contribution in [2.75, 3.05) is 0 Å². The highest BCUT2D eigenvalue weighted by atomic mass is 79.9. The molecule has 0 radical (unpaired) electrons. The molecule has 4 bridgehead atoms. The number of carbonyl (C=O) groups excluding carboxylic acids is 1. The summed E-state index contributed by atoms with van der Waals surface area (Å²) < 4.78 is 18.8. The third-order valence-electron chi connectivity index (χ3n) is 5.97. The number of halogens is 2. The monoisotopic (exact) mass is 411 g/mol. The summed E-state index contributed by atoms with van der Waals surface area (Å²) in [6.07, 6.45) is 6.76. The Morgan fingerprint density at radius 2 is 2.00 bits per heavy atom. The molecule has 4 aliphatic rings. The maximum absolute atomic E-state index is 13.4. The van der Waals surface area contributed by atoms with Gasteiger partial charge in [-0.3, -0.25) is 14.9 Å². The van der Waals surface area contributed by atoms with Gasteiger partial charge in [-0.2, -0.15) is 0 Å². The van der Waals surface area contributed by atoms with Crippen molar-refractivity contribution in [3.8, 4) is 5.75 Å². The Balaban J connectivity index is 1.52. The molecule has 0 aromatic heterocycles. The number of benzene rings is 1. The molecule has 1 aromatic carbocycles. The molecule has 7 heteroatoms. The molecule has 5 nitrogen and oxygen atoms in total. The van der Waals surface area contributed by atoms with Crippen LogP contribution >= 0.6 is 15.9 Å². The van der Waals surface area contributed by atoms with Crippen molar-refractivity contribution in [3.05, 3.63) is 34.1 Å². The molecule has 2 unspecified atom stereocenters. The van der Waals surface area contributed by atoms with E-state index in [2.05, 4.69) is 15.9 Å². The molecule has 4 aliphatic carbocycles. The van der Waals surface area contributed by atoms with E-state index < -0.39 is 22.4 Å². The van der Waals surface area contributed by atoms with Gasteiger partial charge in [0.15, 0.2) is 0 Å². The lowest BCUT2D eigenvalue weighted by Gasteiger charge is -2.60. The number of esters is 1. The fourth-order valence-electron chi connectivity index (χ4n) is 5.73. The van der Waals surface area contributed by atoms with E-state index in [4.69, 9.17) is 4.74 Å². The Kier molecular flexibility index (Phi) is 3.90. The molecule has 0 aliphatic heterocycles. The molecule has 0 amide bonds. The quantitative estimate of drug-likeness (QED) is 0.235. The normalized spacial score (nSPS) is 35.6. The minimum absolute atomic E-state index is 0.0905. The Hall–Kier alpha value is -1.50. The average Bonchev–Trinajstić information content (AvgIpc) is 2.43. The standard InChI is InChI=1S/C18H19BrFNO4/c19-18-7-11-3-12(8-18)6-17(5-11,10-18)9-16(22)25-15-4-13(20)1-2-14(15)21(23)24/h1-2,4,11-12H,3,5-10H2. The van der Waals surface area contributed by atoms with Gasteiger partial charge < -0.3 is 4.74 Å². The Morgan fingerprint density at radius 1 is 1.32 bits per heavy atom. The van der Waals surface area contributed by atoms with Gasteiger partial charge in [-0.1, -0.05) is 15.9 Å². The molecule has 1 aromatic rings. The van der Waals surface area contributed by atoms with E-state index in [1.807, 2.05) is 0 Å². The second kappa shape index (κ2) is 5.76. The van der Waals surface area contributed by atoms with Crippen molar-refractivity contribution in [1.82, 2.24) is 0 Å². The van der Waals surface area contributed by atoms with Gasteiger partial charge in [0.05, 0.1) is 11.3 Å². The van der Waals surface area contributed by atoms with Crippen LogP contribution in [-0.4, -0.2) is 15.2 Å². The molecule has 4 saturated carbocycles. The number of hydrogen-bond acceptors (Lipinski definition) is 4. The molecular formula is C18H19BrFNO4. The van der Waals surface area contributed by atoms with Gasteiger partial charge in [0, 0.05) is 16.5 Å². The Bertz CT molecular complexity index is 739. The molecule has 0 spiro atoms. The predicted octanol–water partition coefficient (Wildman–Crippen LogP) is 4.76. The van der Waals surface area contributed by atoms with Gasteiger partial charge >= 0.3 is 11.7 Å². The Labute approximate surface area is 153 Å². The maximum Gasteiger partial charge on any atom is 0.311 e. The summed E-state index contributed by atoms with van der Waals surface area (Å²) >= 11 is 3.90.